The molecule has 94 valence electrons. The number of hydrogen-bond donors (Lipinski definition) is 2. The highest BCUT2D eigenvalue weighted by Gasteiger charge is 2.58. The maximum Gasteiger partial charge on any atom is 0.225 e. The fourth-order valence-corrected chi connectivity index (χ4v) is 3.01. The molecule has 2 heterocycles. The largest absolute Gasteiger partial charge is 0.364 e. The van der Waals surface area contributed by atoms with E-state index in [0.29, 0.717) is 10.7 Å². The van der Waals surface area contributed by atoms with Crippen molar-refractivity contribution >= 4 is 28.9 Å². The van der Waals surface area contributed by atoms with Crippen LogP contribution in [-0.2, 0) is 10.5 Å². The number of nitrogens with zero attached hydrogens (tertiary/aromatic N) is 2. The van der Waals surface area contributed by atoms with Gasteiger partial charge in [0.15, 0.2) is 11.3 Å². The van der Waals surface area contributed by atoms with Gasteiger partial charge in [-0.15, -0.1) is 0 Å². The Morgan fingerprint density at radius 1 is 1.50 bits per heavy atom. The lowest BCUT2D eigenvalue weighted by atomic mass is 10.0. The minimum atomic E-state index is -1.33. The van der Waals surface area contributed by atoms with E-state index in [2.05, 4.69) is 5.32 Å². The van der Waals surface area contributed by atoms with Crippen molar-refractivity contribution < 1.29 is 9.90 Å². The van der Waals surface area contributed by atoms with Gasteiger partial charge in [-0.3, -0.25) is 9.69 Å². The second-order valence-electron chi connectivity index (χ2n) is 4.59. The second-order valence-corrected chi connectivity index (χ2v) is 4.97. The first-order valence-corrected chi connectivity index (χ1v) is 6.04. The molecule has 1 saturated heterocycles. The number of carbonyl (C=O) groups excluding carboxylic acids is 1. The third-order valence-corrected chi connectivity index (χ3v) is 3.91. The zero-order valence-electron chi connectivity index (χ0n) is 10.0. The Morgan fingerprint density at radius 3 is 2.83 bits per heavy atom. The van der Waals surface area contributed by atoms with E-state index in [1.807, 2.05) is 18.2 Å². The number of benzene rings is 1. The lowest BCUT2D eigenvalue weighted by Crippen LogP contribution is -2.52. The third-order valence-electron chi connectivity index (χ3n) is 3.52. The normalized spacial score (nSPS) is 29.1. The maximum atomic E-state index is 11.9. The number of thiocarbonyl (C=S) groups is 1. The molecular weight excluding hydrogens is 250 g/mol. The standard InChI is InChI=1S/C12H13N3O2S/c1-7(16)15-9-6-4-3-5-8(9)12(17)10(15)14(2)11(18)13-12/h3-6,10,17H,1-2H3,(H,13,18)/t10-,12-/m1/s1. The minimum absolute atomic E-state index is 0.123. The molecule has 2 N–H and O–H groups in total. The van der Waals surface area contributed by atoms with Gasteiger partial charge >= 0.3 is 0 Å². The number of fused-ring (bicyclic) bond motifs is 3. The van der Waals surface area contributed by atoms with Gasteiger partial charge in [0.05, 0.1) is 5.69 Å². The first-order chi connectivity index (χ1) is 8.47. The van der Waals surface area contributed by atoms with Crippen molar-refractivity contribution in [3.63, 3.8) is 0 Å². The molecule has 0 radical (unpaired) electrons. The van der Waals surface area contributed by atoms with Crippen LogP contribution in [0.4, 0.5) is 5.69 Å². The third kappa shape index (κ3) is 1.19. The maximum absolute atomic E-state index is 11.9. The van der Waals surface area contributed by atoms with Crippen molar-refractivity contribution in [2.45, 2.75) is 18.8 Å². The fraction of sp³-hybridized carbons (Fsp3) is 0.333. The van der Waals surface area contributed by atoms with Crippen molar-refractivity contribution in [3.05, 3.63) is 29.8 Å². The van der Waals surface area contributed by atoms with Gasteiger partial charge in [-0.25, -0.2) is 0 Å². The lowest BCUT2D eigenvalue weighted by Gasteiger charge is -2.30. The van der Waals surface area contributed by atoms with Gasteiger partial charge in [-0.05, 0) is 18.3 Å². The van der Waals surface area contributed by atoms with E-state index >= 15 is 0 Å². The van der Waals surface area contributed by atoms with Gasteiger partial charge in [0.25, 0.3) is 0 Å². The van der Waals surface area contributed by atoms with Crippen molar-refractivity contribution in [2.75, 3.05) is 11.9 Å². The molecule has 2 aliphatic rings. The molecule has 1 aromatic carbocycles. The Morgan fingerprint density at radius 2 is 2.17 bits per heavy atom. The number of aliphatic hydroxyl groups is 1. The van der Waals surface area contributed by atoms with Crippen LogP contribution in [0, 0.1) is 0 Å². The second kappa shape index (κ2) is 3.43. The number of nitrogens with one attached hydrogen (secondary N) is 1. The van der Waals surface area contributed by atoms with E-state index in [-0.39, 0.29) is 5.91 Å². The van der Waals surface area contributed by atoms with Gasteiger partial charge in [-0.1, -0.05) is 18.2 Å². The summed E-state index contributed by atoms with van der Waals surface area (Å²) in [6, 6.07) is 7.31. The predicted octanol–water partition coefficient (Wildman–Crippen LogP) is 0.344. The van der Waals surface area contributed by atoms with Gasteiger partial charge in [0, 0.05) is 19.5 Å². The SMILES string of the molecule is CC(=O)N1c2ccccc2[C@]2(O)NC(=S)N(C)[C@H]12. The molecule has 2 atom stereocenters. The quantitative estimate of drug-likeness (QED) is 0.661. The summed E-state index contributed by atoms with van der Waals surface area (Å²) in [6.45, 7) is 1.48. The minimum Gasteiger partial charge on any atom is -0.364 e. The van der Waals surface area contributed by atoms with E-state index in [1.165, 1.54) is 6.92 Å². The summed E-state index contributed by atoms with van der Waals surface area (Å²) in [6.07, 6.45) is -0.528. The van der Waals surface area contributed by atoms with Crippen LogP contribution in [-0.4, -0.2) is 34.2 Å². The number of carbonyl (C=O) groups is 1. The van der Waals surface area contributed by atoms with Crippen molar-refractivity contribution in [3.8, 4) is 0 Å². The number of amides is 1. The van der Waals surface area contributed by atoms with E-state index in [9.17, 15) is 9.90 Å². The Kier molecular flexibility index (Phi) is 2.18. The number of anilines is 1. The van der Waals surface area contributed by atoms with E-state index in [1.54, 1.807) is 22.9 Å². The van der Waals surface area contributed by atoms with Crippen LogP contribution < -0.4 is 10.2 Å². The zero-order chi connectivity index (χ0) is 13.1. The number of para-hydroxylation sites is 1. The lowest BCUT2D eigenvalue weighted by molar-refractivity contribution is -0.119. The summed E-state index contributed by atoms with van der Waals surface area (Å²) in [5.41, 5.74) is 0.0740. The number of rotatable bonds is 0. The molecule has 0 bridgehead atoms. The summed E-state index contributed by atoms with van der Waals surface area (Å²) >= 11 is 5.15. The van der Waals surface area contributed by atoms with Crippen LogP contribution >= 0.6 is 12.2 Å². The first-order valence-electron chi connectivity index (χ1n) is 5.63. The van der Waals surface area contributed by atoms with Crippen LogP contribution in [0.1, 0.15) is 12.5 Å². The average molecular weight is 263 g/mol. The van der Waals surface area contributed by atoms with Crippen molar-refractivity contribution in [1.82, 2.24) is 10.2 Å². The number of hydrogen-bond acceptors (Lipinski definition) is 3. The van der Waals surface area contributed by atoms with Crippen molar-refractivity contribution in [2.24, 2.45) is 0 Å². The summed E-state index contributed by atoms with van der Waals surface area (Å²) in [5, 5.41) is 14.1. The molecule has 18 heavy (non-hydrogen) atoms. The average Bonchev–Trinajstić information content (AvgIpc) is 2.70. The molecule has 0 saturated carbocycles. The molecule has 1 fully saturated rings. The molecule has 0 aromatic heterocycles. The van der Waals surface area contributed by atoms with Crippen LogP contribution in [0.15, 0.2) is 24.3 Å². The molecule has 0 spiro atoms. The number of likely N-dealkylation sites (N-methyl/N-ethyl adjacent to an activating group) is 1. The summed E-state index contributed by atoms with van der Waals surface area (Å²) in [4.78, 5) is 15.1. The molecule has 1 aromatic rings. The van der Waals surface area contributed by atoms with Gasteiger partial charge in [0.1, 0.15) is 0 Å². The van der Waals surface area contributed by atoms with Crippen LogP contribution in [0.5, 0.6) is 0 Å². The monoisotopic (exact) mass is 263 g/mol. The molecule has 3 rings (SSSR count). The highest BCUT2D eigenvalue weighted by molar-refractivity contribution is 7.80. The zero-order valence-corrected chi connectivity index (χ0v) is 10.9. The van der Waals surface area contributed by atoms with E-state index in [4.69, 9.17) is 12.2 Å². The van der Waals surface area contributed by atoms with Gasteiger partial charge in [-0.2, -0.15) is 0 Å². The summed E-state index contributed by atoms with van der Waals surface area (Å²) in [7, 11) is 1.76. The van der Waals surface area contributed by atoms with Crippen LogP contribution in [0.25, 0.3) is 0 Å². The van der Waals surface area contributed by atoms with Gasteiger partial charge < -0.3 is 15.3 Å². The Balaban J connectivity index is 2.24. The molecule has 0 unspecified atom stereocenters. The highest BCUT2D eigenvalue weighted by atomic mass is 32.1. The summed E-state index contributed by atoms with van der Waals surface area (Å²) in [5.74, 6) is -0.123. The van der Waals surface area contributed by atoms with E-state index < -0.39 is 11.9 Å². The molecule has 2 aliphatic heterocycles. The highest BCUT2D eigenvalue weighted by Crippen LogP contribution is 2.45. The Labute approximate surface area is 110 Å². The summed E-state index contributed by atoms with van der Waals surface area (Å²) < 4.78 is 0. The first kappa shape index (κ1) is 11.4. The molecule has 1 amide bonds. The molecule has 5 nitrogen and oxygen atoms in total. The van der Waals surface area contributed by atoms with Crippen LogP contribution in [0.3, 0.4) is 0 Å². The molecular formula is C12H13N3O2S. The van der Waals surface area contributed by atoms with E-state index in [0.717, 1.165) is 5.69 Å². The predicted molar refractivity (Wildman–Crippen MR) is 70.8 cm³/mol. The van der Waals surface area contributed by atoms with Crippen molar-refractivity contribution in [1.29, 1.82) is 0 Å². The smallest absolute Gasteiger partial charge is 0.225 e. The fourth-order valence-electron chi connectivity index (χ4n) is 2.75. The Bertz CT molecular complexity index is 562. The van der Waals surface area contributed by atoms with Crippen LogP contribution in [0.2, 0.25) is 0 Å². The Hall–Kier alpha value is -1.66. The molecule has 0 aliphatic carbocycles. The van der Waals surface area contributed by atoms with Gasteiger partial charge in [0.2, 0.25) is 11.6 Å². The topological polar surface area (TPSA) is 55.8 Å². The molecule has 6 heteroatoms.